The molecule has 0 aliphatic carbocycles. The molecule has 1 unspecified atom stereocenters. The van der Waals surface area contributed by atoms with Crippen LogP contribution in [-0.2, 0) is 22.6 Å². The number of halogens is 2. The summed E-state index contributed by atoms with van der Waals surface area (Å²) in [6, 6.07) is 8.07. The molecular formula is C17H29Cl2N3O2. The first-order valence-corrected chi connectivity index (χ1v) is 8.12. The van der Waals surface area contributed by atoms with E-state index in [2.05, 4.69) is 47.6 Å². The number of amides is 1. The van der Waals surface area contributed by atoms with Crippen LogP contribution < -0.4 is 10.6 Å². The molecule has 138 valence electrons. The zero-order chi connectivity index (χ0) is 15.8. The molecule has 0 aromatic heterocycles. The number of hydrogen-bond acceptors (Lipinski definition) is 4. The minimum atomic E-state index is -0.233. The van der Waals surface area contributed by atoms with Gasteiger partial charge in [-0.25, -0.2) is 0 Å². The summed E-state index contributed by atoms with van der Waals surface area (Å²) >= 11 is 0. The summed E-state index contributed by atoms with van der Waals surface area (Å²) in [6.45, 7) is 9.74. The number of nitrogens with one attached hydrogen (secondary N) is 2. The Labute approximate surface area is 157 Å². The number of carbonyl (C=O) groups is 1. The Morgan fingerprint density at radius 3 is 2.50 bits per heavy atom. The lowest BCUT2D eigenvalue weighted by Crippen LogP contribution is -2.51. The standard InChI is InChI=1S/C17H27N3O2.2ClH/c1-3-20(4-2)12-15-8-6-5-7-14(15)11-19-17(21)16-13-22-10-9-18-16;;/h5-8,16,18H,3-4,9-13H2,1-2H3,(H,19,21);2*1H. The Hall–Kier alpha value is -0.850. The van der Waals surface area contributed by atoms with Crippen molar-refractivity contribution in [1.82, 2.24) is 15.5 Å². The van der Waals surface area contributed by atoms with Gasteiger partial charge in [-0.1, -0.05) is 38.1 Å². The maximum atomic E-state index is 12.2. The fourth-order valence-corrected chi connectivity index (χ4v) is 2.61. The normalized spacial score (nSPS) is 16.9. The fourth-order valence-electron chi connectivity index (χ4n) is 2.61. The summed E-state index contributed by atoms with van der Waals surface area (Å²) in [5.41, 5.74) is 2.46. The third-order valence-electron chi connectivity index (χ3n) is 4.10. The monoisotopic (exact) mass is 377 g/mol. The van der Waals surface area contributed by atoms with E-state index in [1.165, 1.54) is 11.1 Å². The molecule has 1 aliphatic rings. The van der Waals surface area contributed by atoms with E-state index >= 15 is 0 Å². The van der Waals surface area contributed by atoms with E-state index in [0.717, 1.165) is 26.2 Å². The van der Waals surface area contributed by atoms with Gasteiger partial charge in [-0.15, -0.1) is 24.8 Å². The molecule has 1 saturated heterocycles. The van der Waals surface area contributed by atoms with Crippen molar-refractivity contribution in [3.8, 4) is 0 Å². The van der Waals surface area contributed by atoms with Crippen LogP contribution in [0.5, 0.6) is 0 Å². The lowest BCUT2D eigenvalue weighted by atomic mass is 10.1. The Kier molecular flexibility index (Phi) is 12.1. The van der Waals surface area contributed by atoms with Crippen LogP contribution in [0.15, 0.2) is 24.3 Å². The highest BCUT2D eigenvalue weighted by Crippen LogP contribution is 2.12. The van der Waals surface area contributed by atoms with Gasteiger partial charge in [0.2, 0.25) is 5.91 Å². The lowest BCUT2D eigenvalue weighted by molar-refractivity contribution is -0.126. The van der Waals surface area contributed by atoms with Gasteiger partial charge in [0.05, 0.1) is 13.2 Å². The smallest absolute Gasteiger partial charge is 0.239 e. The van der Waals surface area contributed by atoms with Gasteiger partial charge >= 0.3 is 0 Å². The first-order valence-electron chi connectivity index (χ1n) is 8.12. The molecule has 0 spiro atoms. The van der Waals surface area contributed by atoms with Gasteiger partial charge in [0.1, 0.15) is 6.04 Å². The number of carbonyl (C=O) groups excluding carboxylic acids is 1. The van der Waals surface area contributed by atoms with E-state index in [9.17, 15) is 4.79 Å². The SMILES string of the molecule is CCN(CC)Cc1ccccc1CNC(=O)C1COCCN1.Cl.Cl. The summed E-state index contributed by atoms with van der Waals surface area (Å²) in [5, 5.41) is 6.19. The zero-order valence-corrected chi connectivity index (χ0v) is 16.0. The third-order valence-corrected chi connectivity index (χ3v) is 4.10. The number of ether oxygens (including phenoxy) is 1. The first kappa shape index (κ1) is 23.1. The molecule has 1 fully saturated rings. The van der Waals surface area contributed by atoms with Crippen LogP contribution in [0, 0.1) is 0 Å². The molecule has 5 nitrogen and oxygen atoms in total. The molecule has 0 saturated carbocycles. The molecule has 2 rings (SSSR count). The zero-order valence-electron chi connectivity index (χ0n) is 14.4. The van der Waals surface area contributed by atoms with Gasteiger partial charge in [0.15, 0.2) is 0 Å². The quantitative estimate of drug-likeness (QED) is 0.762. The molecular weight excluding hydrogens is 349 g/mol. The van der Waals surface area contributed by atoms with Gasteiger partial charge in [-0.3, -0.25) is 9.69 Å². The summed E-state index contributed by atoms with van der Waals surface area (Å²) in [6.07, 6.45) is 0. The average molecular weight is 378 g/mol. The molecule has 1 aliphatic heterocycles. The predicted octanol–water partition coefficient (Wildman–Crippen LogP) is 1.98. The van der Waals surface area contributed by atoms with Crippen LogP contribution in [-0.4, -0.2) is 49.7 Å². The van der Waals surface area contributed by atoms with Crippen LogP contribution in [0.25, 0.3) is 0 Å². The lowest BCUT2D eigenvalue weighted by Gasteiger charge is -2.23. The highest BCUT2D eigenvalue weighted by atomic mass is 35.5. The van der Waals surface area contributed by atoms with E-state index in [1.54, 1.807) is 0 Å². The molecule has 7 heteroatoms. The Morgan fingerprint density at radius 1 is 1.25 bits per heavy atom. The molecule has 1 aromatic rings. The first-order chi connectivity index (χ1) is 10.7. The van der Waals surface area contributed by atoms with E-state index in [0.29, 0.717) is 19.8 Å². The van der Waals surface area contributed by atoms with Crippen LogP contribution in [0.4, 0.5) is 0 Å². The molecule has 0 radical (unpaired) electrons. The van der Waals surface area contributed by atoms with Crippen molar-refractivity contribution < 1.29 is 9.53 Å². The van der Waals surface area contributed by atoms with Crippen LogP contribution in [0.3, 0.4) is 0 Å². The average Bonchev–Trinajstić information content (AvgIpc) is 2.59. The summed E-state index contributed by atoms with van der Waals surface area (Å²) < 4.78 is 5.33. The largest absolute Gasteiger partial charge is 0.378 e. The second-order valence-electron chi connectivity index (χ2n) is 5.53. The third kappa shape index (κ3) is 6.95. The van der Waals surface area contributed by atoms with Crippen molar-refractivity contribution in [3.05, 3.63) is 35.4 Å². The Bertz CT molecular complexity index is 479. The molecule has 24 heavy (non-hydrogen) atoms. The predicted molar refractivity (Wildman–Crippen MR) is 102 cm³/mol. The van der Waals surface area contributed by atoms with Crippen LogP contribution in [0.2, 0.25) is 0 Å². The molecule has 0 bridgehead atoms. The number of rotatable bonds is 7. The van der Waals surface area contributed by atoms with Gasteiger partial charge in [0, 0.05) is 19.6 Å². The van der Waals surface area contributed by atoms with Crippen molar-refractivity contribution in [3.63, 3.8) is 0 Å². The van der Waals surface area contributed by atoms with Gasteiger partial charge in [-0.2, -0.15) is 0 Å². The van der Waals surface area contributed by atoms with E-state index < -0.39 is 0 Å². The highest BCUT2D eigenvalue weighted by Gasteiger charge is 2.20. The molecule has 1 amide bonds. The van der Waals surface area contributed by atoms with Crippen molar-refractivity contribution in [2.75, 3.05) is 32.8 Å². The molecule has 1 heterocycles. The van der Waals surface area contributed by atoms with Gasteiger partial charge < -0.3 is 15.4 Å². The van der Waals surface area contributed by atoms with Crippen molar-refractivity contribution in [2.45, 2.75) is 33.0 Å². The highest BCUT2D eigenvalue weighted by molar-refractivity contribution is 5.85. The molecule has 2 N–H and O–H groups in total. The van der Waals surface area contributed by atoms with Crippen LogP contribution in [0.1, 0.15) is 25.0 Å². The maximum absolute atomic E-state index is 12.2. The van der Waals surface area contributed by atoms with Crippen molar-refractivity contribution in [1.29, 1.82) is 0 Å². The van der Waals surface area contributed by atoms with Crippen molar-refractivity contribution in [2.24, 2.45) is 0 Å². The Balaban J connectivity index is 0.00000264. The van der Waals surface area contributed by atoms with E-state index in [1.807, 2.05) is 6.07 Å². The summed E-state index contributed by atoms with van der Waals surface area (Å²) in [4.78, 5) is 14.5. The summed E-state index contributed by atoms with van der Waals surface area (Å²) in [7, 11) is 0. The van der Waals surface area contributed by atoms with Crippen molar-refractivity contribution >= 4 is 30.7 Å². The summed E-state index contributed by atoms with van der Waals surface area (Å²) in [5.74, 6) is 0.0114. The van der Waals surface area contributed by atoms with Crippen LogP contribution >= 0.6 is 24.8 Å². The Morgan fingerprint density at radius 2 is 1.92 bits per heavy atom. The van der Waals surface area contributed by atoms with Gasteiger partial charge in [0.25, 0.3) is 0 Å². The second kappa shape index (κ2) is 12.5. The fraction of sp³-hybridized carbons (Fsp3) is 0.588. The van der Waals surface area contributed by atoms with E-state index in [-0.39, 0.29) is 36.8 Å². The topological polar surface area (TPSA) is 53.6 Å². The number of morpholine rings is 1. The van der Waals surface area contributed by atoms with Gasteiger partial charge in [-0.05, 0) is 24.2 Å². The minimum Gasteiger partial charge on any atom is -0.378 e. The second-order valence-corrected chi connectivity index (χ2v) is 5.53. The number of benzene rings is 1. The number of nitrogens with zero attached hydrogens (tertiary/aromatic N) is 1. The van der Waals surface area contributed by atoms with E-state index in [4.69, 9.17) is 4.74 Å². The number of hydrogen-bond donors (Lipinski definition) is 2. The maximum Gasteiger partial charge on any atom is 0.239 e. The minimum absolute atomic E-state index is 0. The molecule has 1 aromatic carbocycles. The molecule has 1 atom stereocenters.